The molecule has 4 nitrogen and oxygen atoms in total. The van der Waals surface area contributed by atoms with Crippen molar-refractivity contribution in [2.75, 3.05) is 0 Å². The Bertz CT molecular complexity index is 3870. The van der Waals surface area contributed by atoms with Crippen LogP contribution in [0, 0.1) is 0 Å². The van der Waals surface area contributed by atoms with Gasteiger partial charge in [-0.05, 0) is 153 Å². The van der Waals surface area contributed by atoms with Crippen LogP contribution in [0.25, 0.3) is 105 Å². The molecule has 0 bridgehead atoms. The monoisotopic (exact) mass is 894 g/mol. The number of rotatable bonds is 6. The van der Waals surface area contributed by atoms with E-state index in [9.17, 15) is 0 Å². The van der Waals surface area contributed by atoms with Crippen LogP contribution in [0.4, 0.5) is 0 Å². The predicted molar refractivity (Wildman–Crippen MR) is 276 cm³/mol. The number of para-hydroxylation sites is 2. The lowest BCUT2D eigenvalue weighted by Gasteiger charge is -2.23. The van der Waals surface area contributed by atoms with Crippen molar-refractivity contribution in [2.24, 2.45) is 0 Å². The first-order valence-electron chi connectivity index (χ1n) is 22.1. The van der Waals surface area contributed by atoms with Crippen molar-refractivity contribution in [3.8, 4) is 44.8 Å². The molecule has 8 aromatic carbocycles. The van der Waals surface area contributed by atoms with Gasteiger partial charge in [-0.2, -0.15) is 0 Å². The molecular weight excluding hydrogens is 857 g/mol. The zero-order valence-corrected chi connectivity index (χ0v) is 36.7. The van der Waals surface area contributed by atoms with Gasteiger partial charge in [-0.25, -0.2) is 0 Å². The Hall–Kier alpha value is -7.99. The highest BCUT2D eigenvalue weighted by Gasteiger charge is 2.20. The number of allylic oxidation sites excluding steroid dienone is 4. The van der Waals surface area contributed by atoms with Crippen molar-refractivity contribution in [3.63, 3.8) is 0 Å². The van der Waals surface area contributed by atoms with Gasteiger partial charge in [0.2, 0.25) is 0 Å². The van der Waals surface area contributed by atoms with Gasteiger partial charge in [-0.15, -0.1) is 0 Å². The molecule has 306 valence electrons. The van der Waals surface area contributed by atoms with Gasteiger partial charge in [-0.3, -0.25) is 4.98 Å². The fraction of sp³-hybridized carbons (Fsp3) is 0.0167. The summed E-state index contributed by atoms with van der Waals surface area (Å²) in [6.45, 7) is 0. The van der Waals surface area contributed by atoms with Crippen LogP contribution in [0.15, 0.2) is 235 Å². The lowest BCUT2D eigenvalue weighted by molar-refractivity contribution is 0.798. The Balaban J connectivity index is 0.924. The summed E-state index contributed by atoms with van der Waals surface area (Å²) < 4.78 is 5.85. The third-order valence-electron chi connectivity index (χ3n) is 13.2. The second kappa shape index (κ2) is 15.1. The summed E-state index contributed by atoms with van der Waals surface area (Å²) in [5, 5.41) is 9.61. The van der Waals surface area contributed by atoms with Crippen LogP contribution in [0.1, 0.15) is 5.56 Å². The maximum absolute atomic E-state index is 4.55. The average molecular weight is 896 g/mol. The van der Waals surface area contributed by atoms with Crippen LogP contribution in [0.5, 0.6) is 0 Å². The van der Waals surface area contributed by atoms with Crippen LogP contribution in [-0.4, -0.2) is 20.2 Å². The van der Waals surface area contributed by atoms with Crippen LogP contribution < -0.4 is 5.32 Å². The zero-order valence-electron chi connectivity index (χ0n) is 35.2. The average Bonchev–Trinajstić information content (AvgIpc) is 3.87. The summed E-state index contributed by atoms with van der Waals surface area (Å²) in [6.07, 6.45) is 14.9. The number of nitrogens with one attached hydrogen (secondary N) is 1. The van der Waals surface area contributed by atoms with Gasteiger partial charge < -0.3 is 14.5 Å². The molecule has 0 saturated carbocycles. The summed E-state index contributed by atoms with van der Waals surface area (Å²) in [4.78, 5) is 4.55. The van der Waals surface area contributed by atoms with Crippen molar-refractivity contribution in [1.82, 2.24) is 19.4 Å². The molecule has 65 heavy (non-hydrogen) atoms. The number of hydrogen-bond acceptors (Lipinski definition) is 2. The normalized spacial score (nSPS) is 14.6. The highest BCUT2D eigenvalue weighted by Crippen LogP contribution is 2.41. The molecule has 0 saturated heterocycles. The second-order valence-electron chi connectivity index (χ2n) is 17.0. The van der Waals surface area contributed by atoms with Gasteiger partial charge in [0.15, 0.2) is 0 Å². The number of dihydropyridines is 1. The smallest absolute Gasteiger partial charge is 0.0702 e. The molecular formula is C60H39BrN4. The number of hydrogen-bond donors (Lipinski definition) is 1. The van der Waals surface area contributed by atoms with Crippen molar-refractivity contribution in [3.05, 3.63) is 240 Å². The van der Waals surface area contributed by atoms with Gasteiger partial charge in [0, 0.05) is 55.2 Å². The van der Waals surface area contributed by atoms with E-state index in [-0.39, 0.29) is 6.04 Å². The topological polar surface area (TPSA) is 34.8 Å². The summed E-state index contributed by atoms with van der Waals surface area (Å²) in [6, 6.07) is 66.8. The molecule has 4 heterocycles. The molecule has 1 aliphatic heterocycles. The first-order valence-corrected chi connectivity index (χ1v) is 22.9. The Morgan fingerprint density at radius 3 is 1.72 bits per heavy atom. The van der Waals surface area contributed by atoms with Gasteiger partial charge in [0.1, 0.15) is 0 Å². The number of aromatic nitrogens is 3. The molecule has 0 radical (unpaired) electrons. The van der Waals surface area contributed by atoms with E-state index in [4.69, 9.17) is 0 Å². The van der Waals surface area contributed by atoms with Crippen LogP contribution in [0.3, 0.4) is 0 Å². The van der Waals surface area contributed by atoms with Crippen LogP contribution in [-0.2, 0) is 0 Å². The highest BCUT2D eigenvalue weighted by atomic mass is 79.9. The molecule has 2 aliphatic rings. The van der Waals surface area contributed by atoms with Crippen molar-refractivity contribution in [1.29, 1.82) is 0 Å². The zero-order chi connectivity index (χ0) is 43.0. The summed E-state index contributed by atoms with van der Waals surface area (Å²) >= 11 is 3.93. The third kappa shape index (κ3) is 6.38. The SMILES string of the molecule is Brc1cc(-c2ccc3c(c2)c2ccc(C4=CNC5C=CC=CC5=C4)cc2n3-c2ccccc2)cc(-c2ccc3c(c2)c2ccc(-c4ccc5ncccc5c4)cc2n3-c2ccccc2)c1. The van der Waals surface area contributed by atoms with E-state index < -0.39 is 0 Å². The van der Waals surface area contributed by atoms with E-state index in [1.807, 2.05) is 12.3 Å². The van der Waals surface area contributed by atoms with Gasteiger partial charge in [-0.1, -0.05) is 125 Å². The molecule has 0 spiro atoms. The van der Waals surface area contributed by atoms with E-state index in [0.717, 1.165) is 37.9 Å². The summed E-state index contributed by atoms with van der Waals surface area (Å²) in [5.41, 5.74) is 18.6. The number of pyridine rings is 1. The Labute approximate surface area is 384 Å². The summed E-state index contributed by atoms with van der Waals surface area (Å²) in [5.74, 6) is 0. The molecule has 1 atom stereocenters. The first kappa shape index (κ1) is 37.6. The number of fused-ring (bicyclic) bond motifs is 8. The quantitative estimate of drug-likeness (QED) is 0.180. The third-order valence-corrected chi connectivity index (χ3v) is 13.7. The van der Waals surface area contributed by atoms with Crippen LogP contribution in [0.2, 0.25) is 0 Å². The Kier molecular flexibility index (Phi) is 8.71. The molecule has 5 heteroatoms. The van der Waals surface area contributed by atoms with E-state index >= 15 is 0 Å². The Morgan fingerprint density at radius 2 is 1.05 bits per heavy atom. The lowest BCUT2D eigenvalue weighted by atomic mass is 9.93. The van der Waals surface area contributed by atoms with Crippen molar-refractivity contribution >= 4 is 76.0 Å². The number of halogens is 1. The minimum atomic E-state index is 0.221. The molecule has 3 aromatic heterocycles. The van der Waals surface area contributed by atoms with E-state index in [1.165, 1.54) is 82.6 Å². The highest BCUT2D eigenvalue weighted by molar-refractivity contribution is 9.10. The Morgan fingerprint density at radius 1 is 0.462 bits per heavy atom. The molecule has 1 unspecified atom stereocenters. The second-order valence-corrected chi connectivity index (χ2v) is 18.0. The molecule has 0 amide bonds. The molecule has 1 aliphatic carbocycles. The number of nitrogens with zero attached hydrogens (tertiary/aromatic N) is 3. The molecule has 0 fully saturated rings. The van der Waals surface area contributed by atoms with Crippen LogP contribution >= 0.6 is 15.9 Å². The minimum absolute atomic E-state index is 0.221. The van der Waals surface area contributed by atoms with Gasteiger partial charge in [0.25, 0.3) is 0 Å². The van der Waals surface area contributed by atoms with E-state index in [1.54, 1.807) is 0 Å². The predicted octanol–water partition coefficient (Wildman–Crippen LogP) is 15.6. The van der Waals surface area contributed by atoms with Crippen molar-refractivity contribution in [2.45, 2.75) is 6.04 Å². The van der Waals surface area contributed by atoms with E-state index in [0.29, 0.717) is 0 Å². The molecule has 11 aromatic rings. The van der Waals surface area contributed by atoms with Gasteiger partial charge in [0.05, 0.1) is 33.6 Å². The van der Waals surface area contributed by atoms with E-state index in [2.05, 4.69) is 248 Å². The van der Waals surface area contributed by atoms with Gasteiger partial charge >= 0.3 is 0 Å². The maximum Gasteiger partial charge on any atom is 0.0702 e. The maximum atomic E-state index is 4.55. The first-order chi connectivity index (χ1) is 32.1. The lowest BCUT2D eigenvalue weighted by Crippen LogP contribution is -2.27. The van der Waals surface area contributed by atoms with Crippen molar-refractivity contribution < 1.29 is 0 Å². The number of benzene rings is 8. The minimum Gasteiger partial charge on any atom is -0.380 e. The fourth-order valence-electron chi connectivity index (χ4n) is 10.1. The largest absolute Gasteiger partial charge is 0.380 e. The summed E-state index contributed by atoms with van der Waals surface area (Å²) in [7, 11) is 0. The standard InChI is InChI=1S/C60H39BrN4/c61-48-31-45(39-20-25-57-53(33-39)51-22-17-41(35-59(51)64(57)49-12-3-1-4-13-49)38-19-24-56-44(28-38)11-9-27-62-56)30-46(32-48)40-21-26-58-54(34-40)52-23-18-42(36-60(52)65(58)50-14-5-2-6-15-50)47-29-43-10-7-8-16-55(43)63-37-47/h1-37,55,63H. The molecule has 13 rings (SSSR count). The molecule has 1 N–H and O–H groups in total. The fourth-order valence-corrected chi connectivity index (χ4v) is 10.6.